The lowest BCUT2D eigenvalue weighted by molar-refractivity contribution is 0.109. The van der Waals surface area contributed by atoms with Crippen molar-refractivity contribution in [3.05, 3.63) is 24.3 Å². The van der Waals surface area contributed by atoms with Gasteiger partial charge in [-0.2, -0.15) is 0 Å². The molecule has 0 atom stereocenters. The summed E-state index contributed by atoms with van der Waals surface area (Å²) in [6.07, 6.45) is 7.12. The minimum Gasteiger partial charge on any atom is -0.497 e. The Hall–Kier alpha value is -1.31. The Balaban J connectivity index is 1.62. The molecular weight excluding hydrogens is 234 g/mol. The molecule has 5 rings (SSSR count). The third-order valence-electron chi connectivity index (χ3n) is 5.31. The number of rotatable bonds is 2. The zero-order valence-electron chi connectivity index (χ0n) is 11.5. The van der Waals surface area contributed by atoms with Crippen LogP contribution in [0.1, 0.15) is 32.1 Å². The smallest absolute Gasteiger partial charge is 0.119 e. The van der Waals surface area contributed by atoms with E-state index in [1.807, 2.05) is 12.1 Å². The molecule has 0 aliphatic heterocycles. The van der Waals surface area contributed by atoms with Crippen LogP contribution in [0.4, 0.5) is 5.69 Å². The number of methoxy groups -OCH3 is 1. The molecule has 0 N–H and O–H groups in total. The maximum absolute atomic E-state index is 5.21. The summed E-state index contributed by atoms with van der Waals surface area (Å²) in [5, 5.41) is 0. The van der Waals surface area contributed by atoms with Gasteiger partial charge in [-0.3, -0.25) is 4.99 Å². The fraction of sp³-hybridized carbons (Fsp3) is 0.588. The van der Waals surface area contributed by atoms with Gasteiger partial charge in [0.05, 0.1) is 12.8 Å². The molecule has 1 aromatic carbocycles. The van der Waals surface area contributed by atoms with E-state index >= 15 is 0 Å². The van der Waals surface area contributed by atoms with Crippen molar-refractivity contribution < 1.29 is 4.74 Å². The van der Waals surface area contributed by atoms with Crippen molar-refractivity contribution in [2.24, 2.45) is 28.7 Å². The van der Waals surface area contributed by atoms with Crippen LogP contribution in [-0.2, 0) is 0 Å². The third kappa shape index (κ3) is 1.98. The standard InChI is InChI=1S/C17H21NO/c1-19-16-4-2-15(3-5-16)18-17-13-7-11-6-12(9-13)10-14(17)8-11/h2-5,11-14H,6-10H2,1H3. The maximum Gasteiger partial charge on any atom is 0.119 e. The van der Waals surface area contributed by atoms with Crippen molar-refractivity contribution in [3.8, 4) is 5.75 Å². The van der Waals surface area contributed by atoms with Crippen LogP contribution < -0.4 is 4.74 Å². The first kappa shape index (κ1) is 11.5. The van der Waals surface area contributed by atoms with Gasteiger partial charge in [0.1, 0.15) is 5.75 Å². The molecule has 2 heteroatoms. The van der Waals surface area contributed by atoms with E-state index in [1.165, 1.54) is 37.8 Å². The predicted molar refractivity (Wildman–Crippen MR) is 77.1 cm³/mol. The molecule has 0 amide bonds. The Morgan fingerprint density at radius 3 is 2.00 bits per heavy atom. The summed E-state index contributed by atoms with van der Waals surface area (Å²) in [5.74, 6) is 4.51. The Bertz CT molecular complexity index is 472. The van der Waals surface area contributed by atoms with E-state index in [-0.39, 0.29) is 0 Å². The monoisotopic (exact) mass is 255 g/mol. The number of aliphatic imine (C=N–C) groups is 1. The minimum atomic E-state index is 0.790. The molecule has 4 fully saturated rings. The van der Waals surface area contributed by atoms with Crippen LogP contribution in [0.2, 0.25) is 0 Å². The Morgan fingerprint density at radius 1 is 0.895 bits per heavy atom. The van der Waals surface area contributed by atoms with Gasteiger partial charge in [0.15, 0.2) is 0 Å². The molecule has 0 spiro atoms. The van der Waals surface area contributed by atoms with E-state index in [0.29, 0.717) is 0 Å². The van der Waals surface area contributed by atoms with Gasteiger partial charge in [0.25, 0.3) is 0 Å². The zero-order chi connectivity index (χ0) is 12.8. The van der Waals surface area contributed by atoms with Crippen molar-refractivity contribution in [2.45, 2.75) is 32.1 Å². The van der Waals surface area contributed by atoms with Gasteiger partial charge in [-0.15, -0.1) is 0 Å². The third-order valence-corrected chi connectivity index (χ3v) is 5.31. The van der Waals surface area contributed by atoms with Crippen LogP contribution in [0.25, 0.3) is 0 Å². The second kappa shape index (κ2) is 4.36. The van der Waals surface area contributed by atoms with Gasteiger partial charge in [-0.1, -0.05) is 0 Å². The first-order valence-corrected chi connectivity index (χ1v) is 7.54. The van der Waals surface area contributed by atoms with Crippen molar-refractivity contribution in [1.82, 2.24) is 0 Å². The lowest BCUT2D eigenvalue weighted by atomic mass is 9.55. The van der Waals surface area contributed by atoms with Crippen LogP contribution in [0.15, 0.2) is 29.3 Å². The summed E-state index contributed by atoms with van der Waals surface area (Å²) >= 11 is 0. The summed E-state index contributed by atoms with van der Waals surface area (Å²) < 4.78 is 5.21. The van der Waals surface area contributed by atoms with E-state index in [0.717, 1.165) is 35.1 Å². The van der Waals surface area contributed by atoms with E-state index in [4.69, 9.17) is 9.73 Å². The van der Waals surface area contributed by atoms with Crippen molar-refractivity contribution in [1.29, 1.82) is 0 Å². The number of hydrogen-bond acceptors (Lipinski definition) is 2. The van der Waals surface area contributed by atoms with Crippen LogP contribution in [-0.4, -0.2) is 12.8 Å². The maximum atomic E-state index is 5.21. The second-order valence-electron chi connectivity index (χ2n) is 6.54. The first-order chi connectivity index (χ1) is 9.31. The Kier molecular flexibility index (Phi) is 2.64. The van der Waals surface area contributed by atoms with Crippen LogP contribution in [0.3, 0.4) is 0 Å². The molecule has 1 aromatic rings. The van der Waals surface area contributed by atoms with Crippen molar-refractivity contribution in [3.63, 3.8) is 0 Å². The fourth-order valence-electron chi connectivity index (χ4n) is 4.66. The molecule has 0 heterocycles. The van der Waals surface area contributed by atoms with Gasteiger partial charge in [-0.25, -0.2) is 0 Å². The number of benzene rings is 1. The lowest BCUT2D eigenvalue weighted by Crippen LogP contribution is -2.45. The average Bonchev–Trinajstić information content (AvgIpc) is 2.43. The van der Waals surface area contributed by atoms with Crippen LogP contribution in [0, 0.1) is 23.7 Å². The Morgan fingerprint density at radius 2 is 1.47 bits per heavy atom. The Labute approximate surface area is 114 Å². The van der Waals surface area contributed by atoms with Gasteiger partial charge in [0, 0.05) is 5.71 Å². The van der Waals surface area contributed by atoms with E-state index in [1.54, 1.807) is 7.11 Å². The molecule has 0 radical (unpaired) electrons. The largest absolute Gasteiger partial charge is 0.497 e. The van der Waals surface area contributed by atoms with Crippen molar-refractivity contribution in [2.75, 3.05) is 7.11 Å². The molecule has 19 heavy (non-hydrogen) atoms. The quantitative estimate of drug-likeness (QED) is 0.775. The molecular formula is C17H21NO. The minimum absolute atomic E-state index is 0.790. The molecule has 2 nitrogen and oxygen atoms in total. The average molecular weight is 255 g/mol. The SMILES string of the molecule is COc1ccc(N=C2C3CC4CC(C3)CC2C4)cc1. The molecule has 0 aromatic heterocycles. The number of hydrogen-bond donors (Lipinski definition) is 0. The summed E-state index contributed by atoms with van der Waals surface area (Å²) in [6, 6.07) is 8.18. The normalized spacial score (nSPS) is 35.5. The topological polar surface area (TPSA) is 21.6 Å². The van der Waals surface area contributed by atoms with Crippen molar-refractivity contribution >= 4 is 11.4 Å². The van der Waals surface area contributed by atoms with Crippen LogP contribution >= 0.6 is 0 Å². The van der Waals surface area contributed by atoms with E-state index in [9.17, 15) is 0 Å². The molecule has 0 saturated heterocycles. The highest BCUT2D eigenvalue weighted by atomic mass is 16.5. The van der Waals surface area contributed by atoms with Gasteiger partial charge >= 0.3 is 0 Å². The van der Waals surface area contributed by atoms with Crippen LogP contribution in [0.5, 0.6) is 5.75 Å². The van der Waals surface area contributed by atoms with Gasteiger partial charge in [0.2, 0.25) is 0 Å². The highest BCUT2D eigenvalue weighted by Crippen LogP contribution is 2.52. The molecule has 4 aliphatic rings. The summed E-state index contributed by atoms with van der Waals surface area (Å²) in [7, 11) is 1.71. The van der Waals surface area contributed by atoms with Gasteiger partial charge in [-0.05, 0) is 80.0 Å². The fourth-order valence-corrected chi connectivity index (χ4v) is 4.66. The summed E-state index contributed by atoms with van der Waals surface area (Å²) in [6.45, 7) is 0. The molecule has 4 saturated carbocycles. The summed E-state index contributed by atoms with van der Waals surface area (Å²) in [5.41, 5.74) is 2.61. The predicted octanol–water partition coefficient (Wildman–Crippen LogP) is 4.22. The molecule has 4 bridgehead atoms. The van der Waals surface area contributed by atoms with Gasteiger partial charge < -0.3 is 4.74 Å². The highest BCUT2D eigenvalue weighted by Gasteiger charge is 2.46. The molecule has 4 aliphatic carbocycles. The van der Waals surface area contributed by atoms with E-state index in [2.05, 4.69) is 12.1 Å². The number of ether oxygens (including phenoxy) is 1. The number of nitrogens with zero attached hydrogens (tertiary/aromatic N) is 1. The van der Waals surface area contributed by atoms with E-state index < -0.39 is 0 Å². The first-order valence-electron chi connectivity index (χ1n) is 7.54. The molecule has 0 unspecified atom stereocenters. The second-order valence-corrected chi connectivity index (χ2v) is 6.54. The highest BCUT2D eigenvalue weighted by molar-refractivity contribution is 5.92. The lowest BCUT2D eigenvalue weighted by Gasteiger charge is -2.50. The zero-order valence-corrected chi connectivity index (χ0v) is 11.5. The molecule has 100 valence electrons. The summed E-state index contributed by atoms with van der Waals surface area (Å²) in [4.78, 5) is 4.99.